The van der Waals surface area contributed by atoms with Crippen LogP contribution in [0.3, 0.4) is 0 Å². The second-order valence-corrected chi connectivity index (χ2v) is 5.36. The molecule has 1 aliphatic carbocycles. The summed E-state index contributed by atoms with van der Waals surface area (Å²) in [5, 5.41) is 16.5. The van der Waals surface area contributed by atoms with E-state index in [4.69, 9.17) is 11.6 Å². The predicted molar refractivity (Wildman–Crippen MR) is 72.3 cm³/mol. The molecule has 0 unspecified atom stereocenters. The maximum Gasteiger partial charge on any atom is 0.183 e. The standard InChI is InChI=1S/C13H12ClN5/c14-7-4-5-11-10(6-7)8-2-1-3-9(12(8)15-11)13-16-18-19-17-13/h4-6,9,15H,1-3H2,(H,16,17,18,19)/t9-/m0/s1. The normalized spacial score (nSPS) is 18.7. The number of tetrazole rings is 1. The number of fused-ring (bicyclic) bond motifs is 3. The highest BCUT2D eigenvalue weighted by Gasteiger charge is 2.28. The van der Waals surface area contributed by atoms with Crippen molar-refractivity contribution in [2.45, 2.75) is 25.2 Å². The Morgan fingerprint density at radius 3 is 3.11 bits per heavy atom. The first-order valence-corrected chi connectivity index (χ1v) is 6.74. The molecule has 5 nitrogen and oxygen atoms in total. The van der Waals surface area contributed by atoms with Gasteiger partial charge in [-0.15, -0.1) is 10.2 Å². The van der Waals surface area contributed by atoms with Crippen LogP contribution >= 0.6 is 11.6 Å². The van der Waals surface area contributed by atoms with Gasteiger partial charge in [-0.3, -0.25) is 0 Å². The first-order valence-electron chi connectivity index (χ1n) is 6.36. The van der Waals surface area contributed by atoms with Gasteiger partial charge in [0.2, 0.25) is 0 Å². The number of benzene rings is 1. The van der Waals surface area contributed by atoms with Gasteiger partial charge in [0.1, 0.15) is 0 Å². The Labute approximate surface area is 114 Å². The van der Waals surface area contributed by atoms with E-state index in [1.165, 1.54) is 16.6 Å². The number of aromatic nitrogens is 5. The molecule has 96 valence electrons. The Hall–Kier alpha value is -1.88. The maximum atomic E-state index is 6.10. The second kappa shape index (κ2) is 4.06. The van der Waals surface area contributed by atoms with Crippen molar-refractivity contribution in [3.8, 4) is 0 Å². The molecule has 0 spiro atoms. The van der Waals surface area contributed by atoms with Gasteiger partial charge in [-0.25, -0.2) is 0 Å². The highest BCUT2D eigenvalue weighted by Crippen LogP contribution is 2.38. The van der Waals surface area contributed by atoms with E-state index in [0.29, 0.717) is 0 Å². The second-order valence-electron chi connectivity index (χ2n) is 4.92. The molecule has 19 heavy (non-hydrogen) atoms. The largest absolute Gasteiger partial charge is 0.358 e. The fraction of sp³-hybridized carbons (Fsp3) is 0.308. The van der Waals surface area contributed by atoms with Crippen molar-refractivity contribution in [1.29, 1.82) is 0 Å². The molecule has 0 fully saturated rings. The lowest BCUT2D eigenvalue weighted by molar-refractivity contribution is 0.583. The van der Waals surface area contributed by atoms with E-state index >= 15 is 0 Å². The van der Waals surface area contributed by atoms with Gasteiger partial charge in [0.15, 0.2) is 5.82 Å². The Morgan fingerprint density at radius 1 is 1.32 bits per heavy atom. The van der Waals surface area contributed by atoms with Crippen molar-refractivity contribution in [1.82, 2.24) is 25.6 Å². The average Bonchev–Trinajstić information content (AvgIpc) is 3.05. The van der Waals surface area contributed by atoms with Crippen molar-refractivity contribution >= 4 is 22.5 Å². The van der Waals surface area contributed by atoms with Crippen LogP contribution in [0.2, 0.25) is 5.02 Å². The van der Waals surface area contributed by atoms with Gasteiger partial charge < -0.3 is 4.98 Å². The van der Waals surface area contributed by atoms with E-state index in [2.05, 4.69) is 25.6 Å². The van der Waals surface area contributed by atoms with Gasteiger partial charge in [0, 0.05) is 21.6 Å². The third-order valence-corrected chi connectivity index (χ3v) is 4.08. The molecule has 2 heterocycles. The number of hydrogen-bond donors (Lipinski definition) is 2. The van der Waals surface area contributed by atoms with Crippen LogP contribution in [0.5, 0.6) is 0 Å². The molecule has 6 heteroatoms. The zero-order valence-electron chi connectivity index (χ0n) is 10.2. The van der Waals surface area contributed by atoms with Gasteiger partial charge in [-0.1, -0.05) is 16.8 Å². The van der Waals surface area contributed by atoms with E-state index in [1.54, 1.807) is 0 Å². The fourth-order valence-electron chi connectivity index (χ4n) is 3.01. The molecule has 4 rings (SSSR count). The highest BCUT2D eigenvalue weighted by molar-refractivity contribution is 6.31. The monoisotopic (exact) mass is 273 g/mol. The molecule has 2 N–H and O–H groups in total. The Balaban J connectivity index is 1.94. The molecule has 0 aliphatic heterocycles. The molecular formula is C13H12ClN5. The van der Waals surface area contributed by atoms with Crippen LogP contribution < -0.4 is 0 Å². The third kappa shape index (κ3) is 1.65. The molecule has 0 saturated carbocycles. The zero-order chi connectivity index (χ0) is 12.8. The Bertz CT molecular complexity index is 731. The van der Waals surface area contributed by atoms with Crippen LogP contribution in [0.15, 0.2) is 18.2 Å². The SMILES string of the molecule is Clc1ccc2[nH]c3c(c2c1)CCC[C@@H]3c1nn[nH]n1. The summed E-state index contributed by atoms with van der Waals surface area (Å²) >= 11 is 6.10. The average molecular weight is 274 g/mol. The number of hydrogen-bond acceptors (Lipinski definition) is 3. The smallest absolute Gasteiger partial charge is 0.183 e. The first-order chi connectivity index (χ1) is 9.33. The Kier molecular flexibility index (Phi) is 2.35. The van der Waals surface area contributed by atoms with E-state index in [-0.39, 0.29) is 5.92 Å². The lowest BCUT2D eigenvalue weighted by Gasteiger charge is -2.19. The molecule has 1 atom stereocenters. The molecule has 3 aromatic rings. The van der Waals surface area contributed by atoms with Crippen LogP contribution in [-0.2, 0) is 6.42 Å². The van der Waals surface area contributed by atoms with Crippen molar-refractivity contribution in [3.63, 3.8) is 0 Å². The molecule has 2 aromatic heterocycles. The molecule has 0 bridgehead atoms. The summed E-state index contributed by atoms with van der Waals surface area (Å²) in [6, 6.07) is 5.98. The zero-order valence-corrected chi connectivity index (χ0v) is 10.9. The maximum absolute atomic E-state index is 6.10. The van der Waals surface area contributed by atoms with Crippen molar-refractivity contribution in [2.24, 2.45) is 0 Å². The van der Waals surface area contributed by atoms with E-state index in [1.807, 2.05) is 18.2 Å². The summed E-state index contributed by atoms with van der Waals surface area (Å²) in [6.07, 6.45) is 3.25. The lowest BCUT2D eigenvalue weighted by Crippen LogP contribution is -2.12. The van der Waals surface area contributed by atoms with Gasteiger partial charge in [0.25, 0.3) is 0 Å². The summed E-state index contributed by atoms with van der Waals surface area (Å²) in [4.78, 5) is 3.50. The first kappa shape index (κ1) is 11.0. The minimum absolute atomic E-state index is 0.202. The highest BCUT2D eigenvalue weighted by atomic mass is 35.5. The van der Waals surface area contributed by atoms with Crippen LogP contribution in [-0.4, -0.2) is 25.6 Å². The van der Waals surface area contributed by atoms with Crippen molar-refractivity contribution < 1.29 is 0 Å². The number of aromatic amines is 2. The number of halogens is 1. The topological polar surface area (TPSA) is 70.2 Å². The van der Waals surface area contributed by atoms with Gasteiger partial charge in [0.05, 0.1) is 5.92 Å². The quantitative estimate of drug-likeness (QED) is 0.716. The Morgan fingerprint density at radius 2 is 2.26 bits per heavy atom. The number of H-pyrrole nitrogens is 2. The van der Waals surface area contributed by atoms with Gasteiger partial charge in [-0.2, -0.15) is 5.21 Å². The number of rotatable bonds is 1. The lowest BCUT2D eigenvalue weighted by atomic mass is 9.86. The van der Waals surface area contributed by atoms with E-state index in [0.717, 1.165) is 35.6 Å². The number of aryl methyl sites for hydroxylation is 1. The van der Waals surface area contributed by atoms with Crippen LogP contribution in [0.4, 0.5) is 0 Å². The fourth-order valence-corrected chi connectivity index (χ4v) is 3.18. The summed E-state index contributed by atoms with van der Waals surface area (Å²) < 4.78 is 0. The van der Waals surface area contributed by atoms with Crippen LogP contribution in [0.25, 0.3) is 10.9 Å². The molecular weight excluding hydrogens is 262 g/mol. The van der Waals surface area contributed by atoms with Crippen LogP contribution in [0.1, 0.15) is 35.8 Å². The van der Waals surface area contributed by atoms with Gasteiger partial charge in [-0.05, 0) is 43.0 Å². The summed E-state index contributed by atoms with van der Waals surface area (Å²) in [7, 11) is 0. The molecule has 1 aromatic carbocycles. The predicted octanol–water partition coefficient (Wildman–Crippen LogP) is 2.80. The minimum Gasteiger partial charge on any atom is -0.358 e. The van der Waals surface area contributed by atoms with E-state index < -0.39 is 0 Å². The minimum atomic E-state index is 0.202. The van der Waals surface area contributed by atoms with Gasteiger partial charge >= 0.3 is 0 Å². The van der Waals surface area contributed by atoms with Crippen LogP contribution in [0, 0.1) is 0 Å². The molecule has 0 saturated heterocycles. The van der Waals surface area contributed by atoms with Crippen molar-refractivity contribution in [2.75, 3.05) is 0 Å². The molecule has 0 amide bonds. The number of nitrogens with zero attached hydrogens (tertiary/aromatic N) is 3. The molecule has 1 aliphatic rings. The molecule has 0 radical (unpaired) electrons. The van der Waals surface area contributed by atoms with Crippen molar-refractivity contribution in [3.05, 3.63) is 40.3 Å². The summed E-state index contributed by atoms with van der Waals surface area (Å²) in [5.41, 5.74) is 3.69. The van der Waals surface area contributed by atoms with E-state index in [9.17, 15) is 0 Å². The third-order valence-electron chi connectivity index (χ3n) is 3.84. The summed E-state index contributed by atoms with van der Waals surface area (Å²) in [5.74, 6) is 0.965. The summed E-state index contributed by atoms with van der Waals surface area (Å²) in [6.45, 7) is 0. The number of nitrogens with one attached hydrogen (secondary N) is 2.